The summed E-state index contributed by atoms with van der Waals surface area (Å²) in [5, 5.41) is 8.78. The second-order valence-electron chi connectivity index (χ2n) is 6.87. The maximum Gasteiger partial charge on any atom is 0.341 e. The van der Waals surface area contributed by atoms with Gasteiger partial charge >= 0.3 is 5.97 Å². The number of hydrogen-bond acceptors (Lipinski definition) is 3. The molecule has 1 N–H and O–H groups in total. The summed E-state index contributed by atoms with van der Waals surface area (Å²) >= 11 is 0. The molecular weight excluding hydrogens is 330 g/mol. The molecule has 0 spiro atoms. The molecule has 2 aromatic carbocycles. The van der Waals surface area contributed by atoms with Crippen LogP contribution in [0.2, 0.25) is 0 Å². The van der Waals surface area contributed by atoms with Crippen LogP contribution in [0.4, 0.5) is 0 Å². The molecule has 5 heteroatoms. The van der Waals surface area contributed by atoms with Crippen molar-refractivity contribution in [2.45, 2.75) is 32.7 Å². The molecular formula is C21H23NO4. The van der Waals surface area contributed by atoms with Crippen molar-refractivity contribution in [3.05, 3.63) is 64.2 Å². The lowest BCUT2D eigenvalue weighted by molar-refractivity contribution is -0.139. The Morgan fingerprint density at radius 1 is 1.12 bits per heavy atom. The predicted octanol–water partition coefficient (Wildman–Crippen LogP) is 3.01. The number of carbonyl (C=O) groups excluding carboxylic acids is 1. The average molecular weight is 353 g/mol. The first-order chi connectivity index (χ1) is 12.4. The predicted molar refractivity (Wildman–Crippen MR) is 98.8 cm³/mol. The van der Waals surface area contributed by atoms with Gasteiger partial charge in [0.2, 0.25) is 0 Å². The normalized spacial score (nSPS) is 13.3. The molecule has 0 saturated carbocycles. The maximum atomic E-state index is 13.0. The molecule has 0 radical (unpaired) electrons. The van der Waals surface area contributed by atoms with Gasteiger partial charge in [0, 0.05) is 18.7 Å². The minimum atomic E-state index is -1.02. The average Bonchev–Trinajstić information content (AvgIpc) is 3.03. The molecule has 1 amide bonds. The van der Waals surface area contributed by atoms with E-state index < -0.39 is 12.6 Å². The van der Waals surface area contributed by atoms with E-state index in [1.165, 1.54) is 11.1 Å². The largest absolute Gasteiger partial charge is 0.481 e. The van der Waals surface area contributed by atoms with Gasteiger partial charge in [0.1, 0.15) is 5.75 Å². The van der Waals surface area contributed by atoms with Crippen molar-refractivity contribution >= 4 is 11.9 Å². The lowest BCUT2D eigenvalue weighted by Gasteiger charge is -2.25. The summed E-state index contributed by atoms with van der Waals surface area (Å²) in [4.78, 5) is 25.5. The van der Waals surface area contributed by atoms with Gasteiger partial charge in [-0.1, -0.05) is 24.3 Å². The number of amides is 1. The lowest BCUT2D eigenvalue weighted by Crippen LogP contribution is -2.37. The van der Waals surface area contributed by atoms with Crippen molar-refractivity contribution in [2.75, 3.05) is 13.7 Å². The second-order valence-corrected chi connectivity index (χ2v) is 6.87. The minimum Gasteiger partial charge on any atom is -0.481 e. The molecule has 0 bridgehead atoms. The third-order valence-electron chi connectivity index (χ3n) is 4.94. The van der Waals surface area contributed by atoms with Gasteiger partial charge in [-0.15, -0.1) is 0 Å². The highest BCUT2D eigenvalue weighted by atomic mass is 16.5. The number of hydrogen-bond donors (Lipinski definition) is 1. The number of likely N-dealkylation sites (N-methyl/N-ethyl adjacent to an activating group) is 1. The molecule has 5 nitrogen and oxygen atoms in total. The van der Waals surface area contributed by atoms with Gasteiger partial charge in [-0.3, -0.25) is 4.79 Å². The van der Waals surface area contributed by atoms with E-state index >= 15 is 0 Å². The van der Waals surface area contributed by atoms with Crippen LogP contribution in [0.25, 0.3) is 0 Å². The van der Waals surface area contributed by atoms with Gasteiger partial charge < -0.3 is 14.7 Å². The molecule has 0 saturated heterocycles. The van der Waals surface area contributed by atoms with E-state index in [4.69, 9.17) is 9.84 Å². The number of aliphatic carboxylic acids is 1. The van der Waals surface area contributed by atoms with E-state index in [-0.39, 0.29) is 11.9 Å². The van der Waals surface area contributed by atoms with E-state index in [1.807, 2.05) is 37.9 Å². The van der Waals surface area contributed by atoms with Crippen LogP contribution in [-0.2, 0) is 17.6 Å². The second kappa shape index (κ2) is 7.20. The first kappa shape index (κ1) is 18.0. The highest BCUT2D eigenvalue weighted by Crippen LogP contribution is 2.28. The Morgan fingerprint density at radius 2 is 1.65 bits per heavy atom. The highest BCUT2D eigenvalue weighted by Gasteiger charge is 2.28. The number of aryl methyl sites for hydroxylation is 2. The molecule has 26 heavy (non-hydrogen) atoms. The maximum absolute atomic E-state index is 13.0. The van der Waals surface area contributed by atoms with Crippen LogP contribution in [0, 0.1) is 13.8 Å². The quantitative estimate of drug-likeness (QED) is 0.897. The molecule has 1 aliphatic carbocycles. The number of carboxylic acids is 1. The van der Waals surface area contributed by atoms with Crippen LogP contribution in [0.3, 0.4) is 0 Å². The monoisotopic (exact) mass is 353 g/mol. The minimum absolute atomic E-state index is 0.0289. The summed E-state index contributed by atoms with van der Waals surface area (Å²) < 4.78 is 5.34. The molecule has 0 aromatic heterocycles. The Labute approximate surface area is 153 Å². The van der Waals surface area contributed by atoms with E-state index in [0.717, 1.165) is 24.0 Å². The fourth-order valence-electron chi connectivity index (χ4n) is 3.61. The fourth-order valence-corrected chi connectivity index (χ4v) is 3.61. The topological polar surface area (TPSA) is 66.8 Å². The molecule has 0 unspecified atom stereocenters. The van der Waals surface area contributed by atoms with Gasteiger partial charge in [0.25, 0.3) is 5.91 Å². The third-order valence-corrected chi connectivity index (χ3v) is 4.94. The first-order valence-electron chi connectivity index (χ1n) is 8.66. The molecule has 2 aromatic rings. The summed E-state index contributed by atoms with van der Waals surface area (Å²) in [7, 11) is 1.85. The van der Waals surface area contributed by atoms with Crippen LogP contribution in [-0.4, -0.2) is 41.6 Å². The zero-order chi connectivity index (χ0) is 18.8. The smallest absolute Gasteiger partial charge is 0.341 e. The zero-order valence-electron chi connectivity index (χ0n) is 15.3. The summed E-state index contributed by atoms with van der Waals surface area (Å²) in [5.74, 6) is -0.525. The number of carboxylic acid groups (broad SMARTS) is 1. The Kier molecular flexibility index (Phi) is 4.98. The van der Waals surface area contributed by atoms with Crippen molar-refractivity contribution in [2.24, 2.45) is 0 Å². The van der Waals surface area contributed by atoms with E-state index in [2.05, 4.69) is 12.1 Å². The Hall–Kier alpha value is -2.82. The summed E-state index contributed by atoms with van der Waals surface area (Å²) in [5.41, 5.74) is 4.74. The van der Waals surface area contributed by atoms with Crippen molar-refractivity contribution in [3.8, 4) is 5.75 Å². The van der Waals surface area contributed by atoms with Crippen LogP contribution in [0.1, 0.15) is 32.6 Å². The first-order valence-corrected chi connectivity index (χ1v) is 8.66. The van der Waals surface area contributed by atoms with Crippen LogP contribution >= 0.6 is 0 Å². The zero-order valence-corrected chi connectivity index (χ0v) is 15.3. The van der Waals surface area contributed by atoms with Gasteiger partial charge in [0.15, 0.2) is 6.61 Å². The van der Waals surface area contributed by atoms with Crippen molar-refractivity contribution in [3.63, 3.8) is 0 Å². The number of nitrogens with zero attached hydrogens (tertiary/aromatic N) is 1. The van der Waals surface area contributed by atoms with Gasteiger partial charge in [-0.2, -0.15) is 0 Å². The number of fused-ring (bicyclic) bond motifs is 1. The Balaban J connectivity index is 1.76. The molecule has 0 fully saturated rings. The summed E-state index contributed by atoms with van der Waals surface area (Å²) in [6, 6.07) is 12.0. The van der Waals surface area contributed by atoms with Crippen LogP contribution in [0.15, 0.2) is 36.4 Å². The molecule has 1 aliphatic rings. The van der Waals surface area contributed by atoms with Crippen molar-refractivity contribution in [1.82, 2.24) is 4.90 Å². The summed E-state index contributed by atoms with van der Waals surface area (Å²) in [6.07, 6.45) is 1.74. The molecule has 3 rings (SSSR count). The lowest BCUT2D eigenvalue weighted by atomic mass is 10.0. The number of benzene rings is 2. The molecule has 0 aliphatic heterocycles. The van der Waals surface area contributed by atoms with Gasteiger partial charge in [0.05, 0.1) is 0 Å². The highest BCUT2D eigenvalue weighted by molar-refractivity contribution is 5.95. The molecule has 0 heterocycles. The van der Waals surface area contributed by atoms with E-state index in [9.17, 15) is 9.59 Å². The Morgan fingerprint density at radius 3 is 2.15 bits per heavy atom. The Bertz CT molecular complexity index is 811. The van der Waals surface area contributed by atoms with Crippen LogP contribution < -0.4 is 4.74 Å². The van der Waals surface area contributed by atoms with Gasteiger partial charge in [-0.05, 0) is 61.1 Å². The van der Waals surface area contributed by atoms with Crippen molar-refractivity contribution in [1.29, 1.82) is 0 Å². The number of ether oxygens (including phenoxy) is 1. The molecule has 0 atom stereocenters. The number of rotatable bonds is 5. The van der Waals surface area contributed by atoms with Crippen molar-refractivity contribution < 1.29 is 19.4 Å². The van der Waals surface area contributed by atoms with E-state index in [1.54, 1.807) is 12.1 Å². The fraction of sp³-hybridized carbons (Fsp3) is 0.333. The summed E-state index contributed by atoms with van der Waals surface area (Å²) in [6.45, 7) is 3.26. The number of carbonyl (C=O) groups is 2. The third kappa shape index (κ3) is 3.57. The van der Waals surface area contributed by atoms with E-state index in [0.29, 0.717) is 11.3 Å². The molecule has 136 valence electrons. The SMILES string of the molecule is Cc1cc(C(=O)N(C)C2Cc3ccccc3C2)cc(C)c1OCC(=O)O. The van der Waals surface area contributed by atoms with Crippen LogP contribution in [0.5, 0.6) is 5.75 Å². The standard InChI is InChI=1S/C21H23NO4/c1-13-8-17(9-14(2)20(13)26-12-19(23)24)21(25)22(3)18-10-15-6-4-5-7-16(15)11-18/h4-9,18H,10-12H2,1-3H3,(H,23,24). The van der Waals surface area contributed by atoms with Gasteiger partial charge in [-0.25, -0.2) is 4.79 Å².